The lowest BCUT2D eigenvalue weighted by molar-refractivity contribution is 0.140. The molecule has 0 radical (unpaired) electrons. The van der Waals surface area contributed by atoms with Crippen molar-refractivity contribution in [1.29, 1.82) is 5.26 Å². The second-order valence-electron chi connectivity index (χ2n) is 6.76. The predicted molar refractivity (Wildman–Crippen MR) is 96.9 cm³/mol. The van der Waals surface area contributed by atoms with Gasteiger partial charge in [0.2, 0.25) is 5.95 Å². The van der Waals surface area contributed by atoms with Crippen LogP contribution in [0.15, 0.2) is 30.3 Å². The Labute approximate surface area is 152 Å². The van der Waals surface area contributed by atoms with Crippen molar-refractivity contribution >= 4 is 11.8 Å². The van der Waals surface area contributed by atoms with E-state index in [1.165, 1.54) is 0 Å². The van der Waals surface area contributed by atoms with Crippen LogP contribution in [0.1, 0.15) is 29.2 Å². The van der Waals surface area contributed by atoms with Crippen LogP contribution in [0.2, 0.25) is 0 Å². The third-order valence-electron chi connectivity index (χ3n) is 4.78. The molecule has 3 heterocycles. The van der Waals surface area contributed by atoms with Crippen molar-refractivity contribution in [2.75, 3.05) is 36.5 Å². The van der Waals surface area contributed by atoms with Gasteiger partial charge in [-0.1, -0.05) is 12.1 Å². The van der Waals surface area contributed by atoms with Gasteiger partial charge in [0, 0.05) is 38.2 Å². The summed E-state index contributed by atoms with van der Waals surface area (Å²) in [5.41, 5.74) is 2.71. The fourth-order valence-corrected chi connectivity index (χ4v) is 3.17. The van der Waals surface area contributed by atoms with Crippen LogP contribution in [0.4, 0.5) is 11.8 Å². The maximum absolute atomic E-state index is 9.57. The highest BCUT2D eigenvalue weighted by molar-refractivity contribution is 5.47. The van der Waals surface area contributed by atoms with E-state index in [4.69, 9.17) is 15.0 Å². The molecule has 0 saturated carbocycles. The van der Waals surface area contributed by atoms with E-state index in [9.17, 15) is 5.11 Å². The van der Waals surface area contributed by atoms with Crippen molar-refractivity contribution in [3.63, 3.8) is 0 Å². The Morgan fingerprint density at radius 3 is 2.73 bits per heavy atom. The van der Waals surface area contributed by atoms with Crippen molar-refractivity contribution < 1.29 is 9.84 Å². The molecule has 7 heteroatoms. The van der Waals surface area contributed by atoms with E-state index in [0.29, 0.717) is 43.7 Å². The maximum Gasteiger partial charge on any atom is 0.227 e. The number of hydrogen-bond donors (Lipinski definition) is 2. The smallest absolute Gasteiger partial charge is 0.227 e. The molecule has 2 aromatic rings. The molecule has 1 aromatic carbocycles. The molecule has 0 aliphatic carbocycles. The quantitative estimate of drug-likeness (QED) is 0.846. The summed E-state index contributed by atoms with van der Waals surface area (Å²) in [4.78, 5) is 11.3. The van der Waals surface area contributed by atoms with E-state index in [2.05, 4.69) is 16.4 Å². The van der Waals surface area contributed by atoms with E-state index in [1.807, 2.05) is 35.2 Å². The Kier molecular flexibility index (Phi) is 4.69. The van der Waals surface area contributed by atoms with Crippen molar-refractivity contribution in [2.45, 2.75) is 25.0 Å². The number of β-amino-alcohol motifs (C(OH)–C–C–N with tert-alkyl or cyclic N) is 1. The first-order valence-electron chi connectivity index (χ1n) is 8.84. The van der Waals surface area contributed by atoms with E-state index >= 15 is 0 Å². The third-order valence-corrected chi connectivity index (χ3v) is 4.78. The van der Waals surface area contributed by atoms with Gasteiger partial charge in [-0.25, -0.2) is 4.98 Å². The highest BCUT2D eigenvalue weighted by atomic mass is 16.5. The Morgan fingerprint density at radius 1 is 1.27 bits per heavy atom. The lowest BCUT2D eigenvalue weighted by atomic mass is 10.0. The molecule has 0 spiro atoms. The number of anilines is 2. The van der Waals surface area contributed by atoms with Gasteiger partial charge in [0.15, 0.2) is 0 Å². The maximum atomic E-state index is 9.57. The van der Waals surface area contributed by atoms with Crippen molar-refractivity contribution in [2.24, 2.45) is 0 Å². The summed E-state index contributed by atoms with van der Waals surface area (Å²) in [5, 5.41) is 21.8. The van der Waals surface area contributed by atoms with Crippen LogP contribution in [0, 0.1) is 11.3 Å². The fraction of sp³-hybridized carbons (Fsp3) is 0.421. The van der Waals surface area contributed by atoms with Crippen LogP contribution in [0.3, 0.4) is 0 Å². The number of rotatable bonds is 5. The van der Waals surface area contributed by atoms with Crippen molar-refractivity contribution in [1.82, 2.24) is 9.97 Å². The van der Waals surface area contributed by atoms with Gasteiger partial charge in [0.25, 0.3) is 0 Å². The molecular formula is C19H21N5O2. The number of nitrogens with one attached hydrogen (secondary N) is 1. The number of aliphatic hydroxyl groups excluding tert-OH is 1. The molecule has 26 heavy (non-hydrogen) atoms. The molecule has 4 rings (SSSR count). The minimum absolute atomic E-state index is 0.290. The van der Waals surface area contributed by atoms with Crippen LogP contribution in [0.25, 0.3) is 0 Å². The molecule has 2 saturated heterocycles. The summed E-state index contributed by atoms with van der Waals surface area (Å²) >= 11 is 0. The van der Waals surface area contributed by atoms with E-state index < -0.39 is 0 Å². The summed E-state index contributed by atoms with van der Waals surface area (Å²) < 4.78 is 5.50. The molecule has 2 aliphatic rings. The fourth-order valence-electron chi connectivity index (χ4n) is 3.17. The number of aromatic nitrogens is 2. The van der Waals surface area contributed by atoms with Crippen molar-refractivity contribution in [3.8, 4) is 6.07 Å². The van der Waals surface area contributed by atoms with Crippen LogP contribution >= 0.6 is 0 Å². The highest BCUT2D eigenvalue weighted by Crippen LogP contribution is 2.28. The van der Waals surface area contributed by atoms with Crippen LogP contribution < -0.4 is 10.2 Å². The van der Waals surface area contributed by atoms with Crippen molar-refractivity contribution in [3.05, 3.63) is 47.2 Å². The first kappa shape index (κ1) is 16.8. The van der Waals surface area contributed by atoms with Gasteiger partial charge in [0.1, 0.15) is 5.82 Å². The zero-order valence-electron chi connectivity index (χ0n) is 14.4. The molecular weight excluding hydrogens is 330 g/mol. The zero-order valence-corrected chi connectivity index (χ0v) is 14.4. The van der Waals surface area contributed by atoms with E-state index in [1.54, 1.807) is 0 Å². The van der Waals surface area contributed by atoms with Gasteiger partial charge in [-0.15, -0.1) is 0 Å². The average Bonchev–Trinajstić information content (AvgIpc) is 3.19. The lowest BCUT2D eigenvalue weighted by Gasteiger charge is -2.36. The lowest BCUT2D eigenvalue weighted by Crippen LogP contribution is -2.51. The second kappa shape index (κ2) is 7.28. The largest absolute Gasteiger partial charge is 0.389 e. The number of nitrogens with zero attached hydrogens (tertiary/aromatic N) is 4. The summed E-state index contributed by atoms with van der Waals surface area (Å²) in [6.45, 7) is 3.21. The highest BCUT2D eigenvalue weighted by Gasteiger charge is 2.28. The molecule has 7 nitrogen and oxygen atoms in total. The Morgan fingerprint density at radius 2 is 2.08 bits per heavy atom. The average molecular weight is 351 g/mol. The molecule has 0 amide bonds. The molecule has 2 aliphatic heterocycles. The summed E-state index contributed by atoms with van der Waals surface area (Å²) in [5.74, 6) is 1.71. The normalized spacial score (nSPS) is 19.8. The second-order valence-corrected chi connectivity index (χ2v) is 6.76. The Bertz CT molecular complexity index is 806. The Hall–Kier alpha value is -2.69. The van der Waals surface area contributed by atoms with Gasteiger partial charge in [-0.05, 0) is 24.1 Å². The molecule has 1 aromatic heterocycles. The third kappa shape index (κ3) is 3.62. The zero-order chi connectivity index (χ0) is 17.9. The minimum Gasteiger partial charge on any atom is -0.389 e. The number of aliphatic hydroxyl groups is 1. The van der Waals surface area contributed by atoms with Gasteiger partial charge >= 0.3 is 0 Å². The first-order chi connectivity index (χ1) is 12.7. The summed E-state index contributed by atoms with van der Waals surface area (Å²) in [7, 11) is 0. The predicted octanol–water partition coefficient (Wildman–Crippen LogP) is 1.65. The van der Waals surface area contributed by atoms with Crippen LogP contribution in [-0.4, -0.2) is 47.5 Å². The van der Waals surface area contributed by atoms with E-state index in [-0.39, 0.29) is 6.10 Å². The Balaban J connectivity index is 1.52. The topological polar surface area (TPSA) is 94.3 Å². The molecule has 134 valence electrons. The van der Waals surface area contributed by atoms with E-state index in [0.717, 1.165) is 30.1 Å². The first-order valence-corrected chi connectivity index (χ1v) is 8.84. The summed E-state index contributed by atoms with van der Waals surface area (Å²) in [6, 6.07) is 11.6. The molecule has 1 atom stereocenters. The minimum atomic E-state index is -0.299. The number of ether oxygens (including phenoxy) is 1. The SMILES string of the molecule is N#Cc1ccc(CNc2cc(C3CCOC3)nc(N3CC(O)C3)n2)cc1. The molecule has 2 N–H and O–H groups in total. The monoisotopic (exact) mass is 351 g/mol. The summed E-state index contributed by atoms with van der Waals surface area (Å²) in [6.07, 6.45) is 0.667. The number of benzene rings is 1. The van der Waals surface area contributed by atoms with Gasteiger partial charge < -0.3 is 20.1 Å². The molecule has 1 unspecified atom stereocenters. The van der Waals surface area contributed by atoms with Gasteiger partial charge in [0.05, 0.1) is 30.0 Å². The number of nitriles is 1. The van der Waals surface area contributed by atoms with Gasteiger partial charge in [-0.3, -0.25) is 0 Å². The van der Waals surface area contributed by atoms with Crippen LogP contribution in [0.5, 0.6) is 0 Å². The number of hydrogen-bond acceptors (Lipinski definition) is 7. The molecule has 0 bridgehead atoms. The molecule has 2 fully saturated rings. The van der Waals surface area contributed by atoms with Crippen LogP contribution in [-0.2, 0) is 11.3 Å². The standard InChI is InChI=1S/C19H21N5O2/c20-8-13-1-3-14(4-2-13)9-21-18-7-17(15-5-6-26-12-15)22-19(23-18)24-10-16(25)11-24/h1-4,7,15-16,25H,5-6,9-12H2,(H,21,22,23). The van der Waals surface area contributed by atoms with Gasteiger partial charge in [-0.2, -0.15) is 10.2 Å².